The van der Waals surface area contributed by atoms with Gasteiger partial charge in [0, 0.05) is 19.4 Å². The highest BCUT2D eigenvalue weighted by Gasteiger charge is 2.76. The van der Waals surface area contributed by atoms with Gasteiger partial charge in [-0.3, -0.25) is 4.55 Å². The molecular formula is C14H22F9NO3S. The summed E-state index contributed by atoms with van der Waals surface area (Å²) >= 11 is 0. The van der Waals surface area contributed by atoms with Crippen LogP contribution in [0.25, 0.3) is 0 Å². The van der Waals surface area contributed by atoms with Gasteiger partial charge in [0.15, 0.2) is 0 Å². The van der Waals surface area contributed by atoms with Crippen LogP contribution >= 0.6 is 0 Å². The lowest BCUT2D eigenvalue weighted by Gasteiger charge is -2.30. The fourth-order valence-corrected chi connectivity index (χ4v) is 2.21. The van der Waals surface area contributed by atoms with Crippen molar-refractivity contribution in [3.63, 3.8) is 0 Å². The Morgan fingerprint density at radius 3 is 1.50 bits per heavy atom. The van der Waals surface area contributed by atoms with Crippen LogP contribution in [0.15, 0.2) is 12.7 Å². The standard InChI is InChI=1S/C11H15F9O3S.C3H7N/c12-8(13,10(17,18)11(19,20)24(21,22)23)6-4-2-1-3-5-7-9(14,15)16;1-2-3-4/h1-7H2,(H,21,22,23);2H,1,3-4H2. The van der Waals surface area contributed by atoms with Crippen LogP contribution in [0.1, 0.15) is 44.9 Å². The predicted octanol–water partition coefficient (Wildman–Crippen LogP) is 5.16. The third-order valence-corrected chi connectivity index (χ3v) is 4.17. The second-order valence-electron chi connectivity index (χ2n) is 5.68. The van der Waals surface area contributed by atoms with Crippen molar-refractivity contribution in [3.8, 4) is 0 Å². The second-order valence-corrected chi connectivity index (χ2v) is 7.14. The minimum absolute atomic E-state index is 0.0214. The van der Waals surface area contributed by atoms with Crippen molar-refractivity contribution >= 4 is 10.1 Å². The molecule has 0 fully saturated rings. The van der Waals surface area contributed by atoms with Crippen LogP contribution < -0.4 is 5.73 Å². The quantitative estimate of drug-likeness (QED) is 0.195. The molecule has 3 N–H and O–H groups in total. The summed E-state index contributed by atoms with van der Waals surface area (Å²) < 4.78 is 142. The molecule has 0 saturated carbocycles. The summed E-state index contributed by atoms with van der Waals surface area (Å²) in [6, 6.07) is 0. The zero-order valence-electron chi connectivity index (χ0n) is 14.6. The number of alkyl halides is 9. The molecule has 170 valence electrons. The van der Waals surface area contributed by atoms with Crippen LogP contribution in [0, 0.1) is 0 Å². The molecule has 0 radical (unpaired) electrons. The van der Waals surface area contributed by atoms with Gasteiger partial charge in [-0.2, -0.15) is 47.9 Å². The molecule has 0 spiro atoms. The van der Waals surface area contributed by atoms with Gasteiger partial charge in [-0.25, -0.2) is 0 Å². The molecule has 0 bridgehead atoms. The Morgan fingerprint density at radius 1 is 0.821 bits per heavy atom. The molecule has 0 aliphatic heterocycles. The first-order valence-electron chi connectivity index (χ1n) is 7.85. The van der Waals surface area contributed by atoms with Gasteiger partial charge in [-0.05, 0) is 12.8 Å². The molecule has 0 unspecified atom stereocenters. The van der Waals surface area contributed by atoms with Gasteiger partial charge in [0.1, 0.15) is 0 Å². The average Bonchev–Trinajstić information content (AvgIpc) is 2.51. The first-order valence-corrected chi connectivity index (χ1v) is 9.29. The fraction of sp³-hybridized carbons (Fsp3) is 0.857. The molecule has 0 aromatic heterocycles. The summed E-state index contributed by atoms with van der Waals surface area (Å²) in [7, 11) is -6.77. The Kier molecular flexibility index (Phi) is 11.7. The van der Waals surface area contributed by atoms with E-state index in [4.69, 9.17) is 10.3 Å². The highest BCUT2D eigenvalue weighted by molar-refractivity contribution is 7.87. The van der Waals surface area contributed by atoms with Crippen LogP contribution in [0.5, 0.6) is 0 Å². The summed E-state index contributed by atoms with van der Waals surface area (Å²) in [5.74, 6) is -11.8. The van der Waals surface area contributed by atoms with E-state index < -0.39 is 52.7 Å². The molecular weight excluding hydrogens is 433 g/mol. The number of hydrogen-bond donors (Lipinski definition) is 2. The first-order chi connectivity index (χ1) is 12.4. The van der Waals surface area contributed by atoms with Gasteiger partial charge in [0.2, 0.25) is 0 Å². The number of nitrogens with two attached hydrogens (primary N) is 1. The summed E-state index contributed by atoms with van der Waals surface area (Å²) in [6.07, 6.45) is -6.95. The zero-order chi connectivity index (χ0) is 22.9. The summed E-state index contributed by atoms with van der Waals surface area (Å²) in [5.41, 5.74) is 4.91. The van der Waals surface area contributed by atoms with E-state index in [9.17, 15) is 47.9 Å². The number of rotatable bonds is 11. The number of hydrogen-bond acceptors (Lipinski definition) is 3. The smallest absolute Gasteiger partial charge is 0.327 e. The highest BCUT2D eigenvalue weighted by atomic mass is 32.2. The average molecular weight is 455 g/mol. The Bertz CT molecular complexity index is 563. The van der Waals surface area contributed by atoms with Crippen molar-refractivity contribution in [2.75, 3.05) is 6.54 Å². The monoisotopic (exact) mass is 455 g/mol. The minimum Gasteiger partial charge on any atom is -0.327 e. The first kappa shape index (κ1) is 29.2. The van der Waals surface area contributed by atoms with Gasteiger partial charge < -0.3 is 5.73 Å². The maximum absolute atomic E-state index is 13.2. The third-order valence-electron chi connectivity index (χ3n) is 3.27. The van der Waals surface area contributed by atoms with Crippen LogP contribution in [-0.4, -0.2) is 42.8 Å². The van der Waals surface area contributed by atoms with Crippen LogP contribution in [0.3, 0.4) is 0 Å². The second kappa shape index (κ2) is 11.2. The highest BCUT2D eigenvalue weighted by Crippen LogP contribution is 2.50. The Morgan fingerprint density at radius 2 is 1.18 bits per heavy atom. The van der Waals surface area contributed by atoms with E-state index in [-0.39, 0.29) is 25.7 Å². The molecule has 14 heteroatoms. The topological polar surface area (TPSA) is 80.4 Å². The van der Waals surface area contributed by atoms with E-state index in [2.05, 4.69) is 6.58 Å². The maximum Gasteiger partial charge on any atom is 0.437 e. The Labute approximate surface area is 156 Å². The van der Waals surface area contributed by atoms with Crippen molar-refractivity contribution in [1.82, 2.24) is 0 Å². The summed E-state index contributed by atoms with van der Waals surface area (Å²) in [6.45, 7) is 3.94. The summed E-state index contributed by atoms with van der Waals surface area (Å²) in [4.78, 5) is 0. The van der Waals surface area contributed by atoms with Crippen LogP contribution in [0.4, 0.5) is 39.5 Å². The minimum atomic E-state index is -6.77. The molecule has 4 nitrogen and oxygen atoms in total. The van der Waals surface area contributed by atoms with Crippen molar-refractivity contribution < 1.29 is 52.5 Å². The van der Waals surface area contributed by atoms with Gasteiger partial charge in [0.05, 0.1) is 0 Å². The lowest BCUT2D eigenvalue weighted by atomic mass is 10.0. The number of halogens is 9. The molecule has 0 amide bonds. The van der Waals surface area contributed by atoms with E-state index in [1.165, 1.54) is 0 Å². The molecule has 0 heterocycles. The largest absolute Gasteiger partial charge is 0.437 e. The molecule has 28 heavy (non-hydrogen) atoms. The van der Waals surface area contributed by atoms with Gasteiger partial charge in [-0.1, -0.05) is 25.3 Å². The molecule has 0 aromatic rings. The SMILES string of the molecule is C=CCN.O=S(=O)(O)C(F)(F)C(F)(F)C(F)(F)CCCCCCCC(F)(F)F. The van der Waals surface area contributed by atoms with Gasteiger partial charge in [0.25, 0.3) is 0 Å². The van der Waals surface area contributed by atoms with Crippen molar-refractivity contribution in [2.24, 2.45) is 5.73 Å². The Balaban J connectivity index is 0. The maximum atomic E-state index is 13.2. The molecule has 0 aliphatic carbocycles. The van der Waals surface area contributed by atoms with Crippen LogP contribution in [-0.2, 0) is 10.1 Å². The lowest BCUT2D eigenvalue weighted by Crippen LogP contribution is -2.57. The predicted molar refractivity (Wildman–Crippen MR) is 84.0 cm³/mol. The molecule has 0 atom stereocenters. The van der Waals surface area contributed by atoms with Crippen LogP contribution in [0.2, 0.25) is 0 Å². The van der Waals surface area contributed by atoms with Crippen molar-refractivity contribution in [3.05, 3.63) is 12.7 Å². The molecule has 0 aromatic carbocycles. The third kappa shape index (κ3) is 9.45. The summed E-state index contributed by atoms with van der Waals surface area (Å²) in [5, 5.41) is -6.38. The number of unbranched alkanes of at least 4 members (excludes halogenated alkanes) is 4. The van der Waals surface area contributed by atoms with Gasteiger partial charge in [-0.15, -0.1) is 6.58 Å². The van der Waals surface area contributed by atoms with E-state index >= 15 is 0 Å². The molecule has 0 saturated heterocycles. The van der Waals surface area contributed by atoms with Crippen molar-refractivity contribution in [1.29, 1.82) is 0 Å². The molecule has 0 rings (SSSR count). The molecule has 0 aliphatic rings. The van der Waals surface area contributed by atoms with E-state index in [0.717, 1.165) is 0 Å². The Hall–Kier alpha value is -1.02. The normalized spacial score (nSPS) is 13.7. The van der Waals surface area contributed by atoms with E-state index in [1.807, 2.05) is 0 Å². The fourth-order valence-electron chi connectivity index (χ4n) is 1.73. The zero-order valence-corrected chi connectivity index (χ0v) is 15.4. The lowest BCUT2D eigenvalue weighted by molar-refractivity contribution is -0.282. The van der Waals surface area contributed by atoms with Crippen molar-refractivity contribution in [2.45, 2.75) is 68.2 Å². The van der Waals surface area contributed by atoms with E-state index in [1.54, 1.807) is 6.08 Å². The van der Waals surface area contributed by atoms with E-state index in [0.29, 0.717) is 6.54 Å². The van der Waals surface area contributed by atoms with Gasteiger partial charge >= 0.3 is 33.4 Å².